The van der Waals surface area contributed by atoms with Crippen molar-refractivity contribution in [1.82, 2.24) is 5.32 Å². The molecule has 0 spiro atoms. The third kappa shape index (κ3) is 5.67. The third-order valence-corrected chi connectivity index (χ3v) is 2.43. The Labute approximate surface area is 110 Å². The molecule has 19 heavy (non-hydrogen) atoms. The highest BCUT2D eigenvalue weighted by Crippen LogP contribution is 2.10. The van der Waals surface area contributed by atoms with Crippen LogP contribution in [-0.2, 0) is 20.8 Å². The van der Waals surface area contributed by atoms with Crippen LogP contribution in [0.15, 0.2) is 24.3 Å². The standard InChI is InChI=1S/C13H14NO5/c15-8-10(3-6-13(18)19)14-12(17)7-9-1-4-11(16)5-2-9/h1-2,4-5,10,16H,3,6-7H2,(H,14,17)(H,18,19)/t10-/m0/s1. The van der Waals surface area contributed by atoms with Crippen molar-refractivity contribution in [3.8, 4) is 5.75 Å². The molecule has 0 heterocycles. The molecule has 1 radical (unpaired) electrons. The number of rotatable bonds is 7. The van der Waals surface area contributed by atoms with Gasteiger partial charge in [-0.2, -0.15) is 0 Å². The number of carbonyl (C=O) groups is 2. The molecule has 0 saturated heterocycles. The second-order valence-corrected chi connectivity index (χ2v) is 4.01. The first-order valence-electron chi connectivity index (χ1n) is 5.68. The lowest BCUT2D eigenvalue weighted by atomic mass is 10.1. The summed E-state index contributed by atoms with van der Waals surface area (Å²) >= 11 is 0. The summed E-state index contributed by atoms with van der Waals surface area (Å²) in [6.07, 6.45) is 1.45. The molecule has 6 nitrogen and oxygen atoms in total. The average Bonchev–Trinajstić information content (AvgIpc) is 2.37. The smallest absolute Gasteiger partial charge is 0.303 e. The molecule has 1 rings (SSSR count). The Bertz CT molecular complexity index is 455. The van der Waals surface area contributed by atoms with Crippen molar-refractivity contribution in [1.29, 1.82) is 0 Å². The van der Waals surface area contributed by atoms with Crippen molar-refractivity contribution in [2.75, 3.05) is 0 Å². The zero-order valence-electron chi connectivity index (χ0n) is 10.1. The molecule has 0 aliphatic heterocycles. The maximum atomic E-state index is 11.6. The number of nitrogens with one attached hydrogen (secondary N) is 1. The van der Waals surface area contributed by atoms with E-state index in [0.29, 0.717) is 5.56 Å². The van der Waals surface area contributed by atoms with Gasteiger partial charge in [-0.25, -0.2) is 0 Å². The van der Waals surface area contributed by atoms with Gasteiger partial charge in [-0.1, -0.05) is 12.1 Å². The maximum Gasteiger partial charge on any atom is 0.303 e. The van der Waals surface area contributed by atoms with Crippen LogP contribution in [0.5, 0.6) is 5.75 Å². The Morgan fingerprint density at radius 1 is 1.26 bits per heavy atom. The summed E-state index contributed by atoms with van der Waals surface area (Å²) in [5.41, 5.74) is 0.679. The van der Waals surface area contributed by atoms with Crippen LogP contribution in [0, 0.1) is 0 Å². The largest absolute Gasteiger partial charge is 0.508 e. The van der Waals surface area contributed by atoms with Crippen LogP contribution in [0.25, 0.3) is 0 Å². The summed E-state index contributed by atoms with van der Waals surface area (Å²) in [5, 5.41) is 20.0. The SMILES string of the molecule is O=[C][C@H](CCC(=O)O)NC(=O)Cc1ccc(O)cc1. The normalized spacial score (nSPS) is 11.6. The lowest BCUT2D eigenvalue weighted by molar-refractivity contribution is -0.137. The van der Waals surface area contributed by atoms with E-state index in [9.17, 15) is 14.4 Å². The van der Waals surface area contributed by atoms with Gasteiger partial charge in [-0.05, 0) is 24.1 Å². The Hall–Kier alpha value is -2.37. The molecule has 0 saturated carbocycles. The van der Waals surface area contributed by atoms with Gasteiger partial charge in [0.05, 0.1) is 12.5 Å². The molecular formula is C13H14NO5. The first kappa shape index (κ1) is 14.7. The number of carbonyl (C=O) groups excluding carboxylic acids is 2. The Morgan fingerprint density at radius 2 is 1.89 bits per heavy atom. The minimum Gasteiger partial charge on any atom is -0.508 e. The fourth-order valence-electron chi connectivity index (χ4n) is 1.47. The van der Waals surface area contributed by atoms with Gasteiger partial charge < -0.3 is 15.5 Å². The van der Waals surface area contributed by atoms with Crippen LogP contribution in [0.2, 0.25) is 0 Å². The molecule has 0 aromatic heterocycles. The number of benzene rings is 1. The summed E-state index contributed by atoms with van der Waals surface area (Å²) in [4.78, 5) is 32.6. The Balaban J connectivity index is 2.46. The van der Waals surface area contributed by atoms with E-state index in [1.807, 2.05) is 0 Å². The first-order chi connectivity index (χ1) is 9.01. The summed E-state index contributed by atoms with van der Waals surface area (Å²) in [5.74, 6) is -1.33. The number of carboxylic acid groups (broad SMARTS) is 1. The highest BCUT2D eigenvalue weighted by molar-refractivity contribution is 5.82. The molecule has 1 amide bonds. The number of hydrogen-bond acceptors (Lipinski definition) is 4. The van der Waals surface area contributed by atoms with Crippen molar-refractivity contribution in [3.05, 3.63) is 29.8 Å². The second-order valence-electron chi connectivity index (χ2n) is 4.01. The molecule has 0 unspecified atom stereocenters. The molecule has 1 aromatic rings. The van der Waals surface area contributed by atoms with Gasteiger partial charge in [-0.15, -0.1) is 0 Å². The summed E-state index contributed by atoms with van der Waals surface area (Å²) in [6, 6.07) is 5.17. The molecule has 1 atom stereocenters. The van der Waals surface area contributed by atoms with E-state index >= 15 is 0 Å². The van der Waals surface area contributed by atoms with Crippen LogP contribution >= 0.6 is 0 Å². The lowest BCUT2D eigenvalue weighted by Gasteiger charge is -2.10. The number of aromatic hydroxyl groups is 1. The number of hydrogen-bond donors (Lipinski definition) is 3. The molecule has 0 bridgehead atoms. The number of aliphatic carboxylic acids is 1. The predicted octanol–water partition coefficient (Wildman–Crippen LogP) is 0.394. The number of phenols is 1. The van der Waals surface area contributed by atoms with Gasteiger partial charge >= 0.3 is 5.97 Å². The van der Waals surface area contributed by atoms with E-state index in [2.05, 4.69) is 5.32 Å². The van der Waals surface area contributed by atoms with Gasteiger partial charge in [0.2, 0.25) is 12.2 Å². The Morgan fingerprint density at radius 3 is 2.42 bits per heavy atom. The quantitative estimate of drug-likeness (QED) is 0.661. The summed E-state index contributed by atoms with van der Waals surface area (Å²) < 4.78 is 0. The van der Waals surface area contributed by atoms with E-state index in [4.69, 9.17) is 10.2 Å². The molecular weight excluding hydrogens is 250 g/mol. The van der Waals surface area contributed by atoms with Gasteiger partial charge in [0.15, 0.2) is 0 Å². The molecule has 3 N–H and O–H groups in total. The molecule has 6 heteroatoms. The van der Waals surface area contributed by atoms with Crippen LogP contribution in [0.3, 0.4) is 0 Å². The van der Waals surface area contributed by atoms with Gasteiger partial charge in [0.1, 0.15) is 5.75 Å². The van der Waals surface area contributed by atoms with Crippen LogP contribution in [0.4, 0.5) is 0 Å². The number of amides is 1. The molecule has 0 aliphatic rings. The van der Waals surface area contributed by atoms with E-state index in [0.717, 1.165) is 0 Å². The molecule has 101 valence electrons. The highest BCUT2D eigenvalue weighted by atomic mass is 16.4. The number of phenolic OH excluding ortho intramolecular Hbond substituents is 1. The van der Waals surface area contributed by atoms with Crippen LogP contribution in [-0.4, -0.2) is 34.4 Å². The second kappa shape index (κ2) is 7.15. The molecule has 0 fully saturated rings. The topological polar surface area (TPSA) is 104 Å². The predicted molar refractivity (Wildman–Crippen MR) is 66.3 cm³/mol. The van der Waals surface area contributed by atoms with Crippen molar-refractivity contribution >= 4 is 18.2 Å². The summed E-state index contributed by atoms with van der Waals surface area (Å²) in [6.45, 7) is 0. The van der Waals surface area contributed by atoms with E-state index in [1.54, 1.807) is 18.4 Å². The third-order valence-electron chi connectivity index (χ3n) is 2.43. The first-order valence-corrected chi connectivity index (χ1v) is 5.68. The van der Waals surface area contributed by atoms with Gasteiger partial charge in [-0.3, -0.25) is 14.4 Å². The van der Waals surface area contributed by atoms with Crippen molar-refractivity contribution in [2.24, 2.45) is 0 Å². The fraction of sp³-hybridized carbons (Fsp3) is 0.308. The minimum atomic E-state index is -1.03. The average molecular weight is 264 g/mol. The number of carboxylic acids is 1. The van der Waals surface area contributed by atoms with Crippen molar-refractivity contribution in [2.45, 2.75) is 25.3 Å². The fourth-order valence-corrected chi connectivity index (χ4v) is 1.47. The van der Waals surface area contributed by atoms with Crippen molar-refractivity contribution in [3.63, 3.8) is 0 Å². The zero-order chi connectivity index (χ0) is 14.3. The Kier molecular flexibility index (Phi) is 5.53. The van der Waals surface area contributed by atoms with E-state index in [-0.39, 0.29) is 25.0 Å². The van der Waals surface area contributed by atoms with Gasteiger partial charge in [0, 0.05) is 6.42 Å². The molecule has 1 aromatic carbocycles. The monoisotopic (exact) mass is 264 g/mol. The highest BCUT2D eigenvalue weighted by Gasteiger charge is 2.14. The van der Waals surface area contributed by atoms with Crippen molar-refractivity contribution < 1.29 is 24.6 Å². The minimum absolute atomic E-state index is 0.0140. The van der Waals surface area contributed by atoms with Crippen LogP contribution in [0.1, 0.15) is 18.4 Å². The summed E-state index contributed by atoms with van der Waals surface area (Å²) in [7, 11) is 0. The van der Waals surface area contributed by atoms with E-state index < -0.39 is 17.9 Å². The van der Waals surface area contributed by atoms with Crippen LogP contribution < -0.4 is 5.32 Å². The lowest BCUT2D eigenvalue weighted by Crippen LogP contribution is -2.37. The maximum absolute atomic E-state index is 11.6. The molecule has 0 aliphatic carbocycles. The van der Waals surface area contributed by atoms with E-state index in [1.165, 1.54) is 12.1 Å². The zero-order valence-corrected chi connectivity index (χ0v) is 10.1. The van der Waals surface area contributed by atoms with Gasteiger partial charge in [0.25, 0.3) is 0 Å².